The second-order valence-corrected chi connectivity index (χ2v) is 9.49. The number of para-hydroxylation sites is 1. The van der Waals surface area contributed by atoms with E-state index < -0.39 is 0 Å². The Morgan fingerprint density at radius 2 is 1.88 bits per heavy atom. The second kappa shape index (κ2) is 8.89. The lowest BCUT2D eigenvalue weighted by molar-refractivity contribution is 0.773. The third-order valence-electron chi connectivity index (χ3n) is 5.53. The van der Waals surface area contributed by atoms with Crippen LogP contribution in [0, 0.1) is 6.92 Å². The Kier molecular flexibility index (Phi) is 5.77. The van der Waals surface area contributed by atoms with Gasteiger partial charge in [-0.1, -0.05) is 41.9 Å². The first kappa shape index (κ1) is 22.1. The van der Waals surface area contributed by atoms with Gasteiger partial charge in [0.15, 0.2) is 0 Å². The Labute approximate surface area is 204 Å². The molecule has 1 unspecified atom stereocenters. The van der Waals surface area contributed by atoms with E-state index >= 15 is 0 Å². The van der Waals surface area contributed by atoms with E-state index in [1.54, 1.807) is 34.4 Å². The summed E-state index contributed by atoms with van der Waals surface area (Å²) in [6, 6.07) is 16.6. The van der Waals surface area contributed by atoms with Crippen molar-refractivity contribution in [1.29, 1.82) is 0 Å². The summed E-state index contributed by atoms with van der Waals surface area (Å²) in [6.07, 6.45) is 3.48. The molecular formula is C25H21ClN6OS. The number of thiazole rings is 1. The number of halogens is 1. The van der Waals surface area contributed by atoms with Crippen LogP contribution in [0.2, 0.25) is 5.02 Å². The summed E-state index contributed by atoms with van der Waals surface area (Å²) >= 11 is 7.97. The van der Waals surface area contributed by atoms with Gasteiger partial charge in [-0.15, -0.1) is 11.3 Å². The zero-order valence-electron chi connectivity index (χ0n) is 18.5. The van der Waals surface area contributed by atoms with Gasteiger partial charge in [0.1, 0.15) is 5.82 Å². The van der Waals surface area contributed by atoms with Crippen LogP contribution in [0.4, 0.5) is 11.8 Å². The number of aryl methyl sites for hydroxylation is 1. The number of hydrogen-bond donors (Lipinski definition) is 2. The predicted octanol–water partition coefficient (Wildman–Crippen LogP) is 5.62. The molecule has 0 amide bonds. The van der Waals surface area contributed by atoms with Gasteiger partial charge in [0.2, 0.25) is 5.95 Å². The minimum Gasteiger partial charge on any atom is -0.368 e. The summed E-state index contributed by atoms with van der Waals surface area (Å²) in [4.78, 5) is 27.6. The number of pyridine rings is 1. The molecule has 7 nitrogen and oxygen atoms in total. The highest BCUT2D eigenvalue weighted by atomic mass is 35.5. The van der Waals surface area contributed by atoms with Crippen molar-refractivity contribution in [3.63, 3.8) is 0 Å². The van der Waals surface area contributed by atoms with Gasteiger partial charge in [-0.3, -0.25) is 9.36 Å². The molecule has 0 aliphatic heterocycles. The van der Waals surface area contributed by atoms with Crippen molar-refractivity contribution in [3.8, 4) is 16.1 Å². The average Bonchev–Trinajstić information content (AvgIpc) is 3.25. The van der Waals surface area contributed by atoms with E-state index in [1.165, 1.54) is 0 Å². The Bertz CT molecular complexity index is 1560. The quantitative estimate of drug-likeness (QED) is 0.333. The normalized spacial score (nSPS) is 12.1. The molecule has 1 atom stereocenters. The molecule has 34 heavy (non-hydrogen) atoms. The van der Waals surface area contributed by atoms with Crippen molar-refractivity contribution in [3.05, 3.63) is 93.1 Å². The number of hydrogen-bond acceptors (Lipinski definition) is 7. The second-order valence-electron chi connectivity index (χ2n) is 7.85. The van der Waals surface area contributed by atoms with Gasteiger partial charge in [0, 0.05) is 23.8 Å². The van der Waals surface area contributed by atoms with E-state index in [9.17, 15) is 4.79 Å². The van der Waals surface area contributed by atoms with E-state index in [2.05, 4.69) is 20.3 Å². The number of rotatable bonds is 5. The molecule has 3 N–H and O–H groups in total. The van der Waals surface area contributed by atoms with Crippen molar-refractivity contribution >= 4 is 45.5 Å². The number of nitrogens with one attached hydrogen (secondary N) is 1. The Hall–Kier alpha value is -3.75. The highest BCUT2D eigenvalue weighted by Gasteiger charge is 2.20. The average molecular weight is 489 g/mol. The first-order valence-electron chi connectivity index (χ1n) is 10.6. The minimum atomic E-state index is -0.307. The molecule has 0 spiro atoms. The third-order valence-corrected chi connectivity index (χ3v) is 6.79. The predicted molar refractivity (Wildman–Crippen MR) is 139 cm³/mol. The highest BCUT2D eigenvalue weighted by Crippen LogP contribution is 2.33. The Morgan fingerprint density at radius 1 is 1.09 bits per heavy atom. The van der Waals surface area contributed by atoms with E-state index in [4.69, 9.17) is 17.3 Å². The number of fused-ring (bicyclic) bond motifs is 1. The smallest absolute Gasteiger partial charge is 0.264 e. The fourth-order valence-electron chi connectivity index (χ4n) is 3.95. The standard InChI is InChI=1S/C25H21ClN6OS/c1-14(30-23-18(12-29-25(27)31-23)21-13-28-15(2)34-21)20-11-16-7-6-10-19(26)22(16)24(33)32(20)17-8-4-3-5-9-17/h3-14H,1-2H3,(H3,27,29,30,31). The number of anilines is 2. The van der Waals surface area contributed by atoms with Gasteiger partial charge in [-0.05, 0) is 43.5 Å². The van der Waals surface area contributed by atoms with Crippen molar-refractivity contribution < 1.29 is 0 Å². The molecule has 0 saturated heterocycles. The summed E-state index contributed by atoms with van der Waals surface area (Å²) in [5, 5.41) is 6.06. The molecule has 5 aromatic rings. The van der Waals surface area contributed by atoms with Crippen LogP contribution < -0.4 is 16.6 Å². The monoisotopic (exact) mass is 488 g/mol. The number of nitrogens with zero attached hydrogens (tertiary/aromatic N) is 4. The summed E-state index contributed by atoms with van der Waals surface area (Å²) in [5.41, 5.74) is 8.04. The third kappa shape index (κ3) is 4.02. The van der Waals surface area contributed by atoms with Gasteiger partial charge in [-0.2, -0.15) is 4.98 Å². The molecular weight excluding hydrogens is 468 g/mol. The van der Waals surface area contributed by atoms with Crippen molar-refractivity contribution in [2.45, 2.75) is 19.9 Å². The van der Waals surface area contributed by atoms with E-state index in [0.717, 1.165) is 32.2 Å². The van der Waals surface area contributed by atoms with Crippen molar-refractivity contribution in [2.75, 3.05) is 11.1 Å². The van der Waals surface area contributed by atoms with Gasteiger partial charge in [-0.25, -0.2) is 9.97 Å². The van der Waals surface area contributed by atoms with Gasteiger partial charge in [0.05, 0.1) is 31.9 Å². The first-order valence-corrected chi connectivity index (χ1v) is 11.8. The van der Waals surface area contributed by atoms with Gasteiger partial charge < -0.3 is 11.1 Å². The molecule has 3 aromatic heterocycles. The topological polar surface area (TPSA) is 98.7 Å². The number of aromatic nitrogens is 4. The summed E-state index contributed by atoms with van der Waals surface area (Å²) in [6.45, 7) is 3.92. The van der Waals surface area contributed by atoms with Crippen LogP contribution in [0.5, 0.6) is 0 Å². The maximum Gasteiger partial charge on any atom is 0.264 e. The van der Waals surface area contributed by atoms with Crippen molar-refractivity contribution in [1.82, 2.24) is 19.5 Å². The highest BCUT2D eigenvalue weighted by molar-refractivity contribution is 7.15. The van der Waals surface area contributed by atoms with Crippen LogP contribution in [-0.4, -0.2) is 19.5 Å². The molecule has 170 valence electrons. The molecule has 0 radical (unpaired) electrons. The van der Waals surface area contributed by atoms with Crippen LogP contribution in [0.25, 0.3) is 26.9 Å². The minimum absolute atomic E-state index is 0.158. The molecule has 0 saturated carbocycles. The first-order chi connectivity index (χ1) is 16.4. The lowest BCUT2D eigenvalue weighted by atomic mass is 10.1. The molecule has 0 bridgehead atoms. The molecule has 2 aromatic carbocycles. The van der Waals surface area contributed by atoms with Crippen LogP contribution in [0.15, 0.2) is 71.8 Å². The van der Waals surface area contributed by atoms with Crippen LogP contribution in [0.3, 0.4) is 0 Å². The SMILES string of the molecule is Cc1ncc(-c2cnc(N)nc2NC(C)c2cc3cccc(Cl)c3c(=O)n2-c2ccccc2)s1. The lowest BCUT2D eigenvalue weighted by Crippen LogP contribution is -2.26. The van der Waals surface area contributed by atoms with Crippen LogP contribution >= 0.6 is 22.9 Å². The Balaban J connectivity index is 1.67. The summed E-state index contributed by atoms with van der Waals surface area (Å²) < 4.78 is 1.69. The fraction of sp³-hybridized carbons (Fsp3) is 0.120. The van der Waals surface area contributed by atoms with Gasteiger partial charge >= 0.3 is 0 Å². The van der Waals surface area contributed by atoms with E-state index in [-0.39, 0.29) is 17.5 Å². The summed E-state index contributed by atoms with van der Waals surface area (Å²) in [5.74, 6) is 0.729. The Morgan fingerprint density at radius 3 is 2.62 bits per heavy atom. The fourth-order valence-corrected chi connectivity index (χ4v) is 5.00. The maximum absolute atomic E-state index is 13.7. The molecule has 0 aliphatic carbocycles. The molecule has 0 fully saturated rings. The van der Waals surface area contributed by atoms with E-state index in [1.807, 2.05) is 62.4 Å². The maximum atomic E-state index is 13.7. The largest absolute Gasteiger partial charge is 0.368 e. The van der Waals surface area contributed by atoms with Crippen LogP contribution in [-0.2, 0) is 0 Å². The molecule has 9 heteroatoms. The molecule has 5 rings (SSSR count). The van der Waals surface area contributed by atoms with Crippen LogP contribution in [0.1, 0.15) is 23.7 Å². The molecule has 3 heterocycles. The van der Waals surface area contributed by atoms with E-state index in [0.29, 0.717) is 16.2 Å². The number of nitrogen functional groups attached to an aromatic ring is 1. The molecule has 0 aliphatic rings. The van der Waals surface area contributed by atoms with Crippen molar-refractivity contribution in [2.24, 2.45) is 0 Å². The number of nitrogens with two attached hydrogens (primary N) is 1. The zero-order chi connectivity index (χ0) is 23.8. The zero-order valence-corrected chi connectivity index (χ0v) is 20.1. The lowest BCUT2D eigenvalue weighted by Gasteiger charge is -2.22. The number of benzene rings is 2. The summed E-state index contributed by atoms with van der Waals surface area (Å²) in [7, 11) is 0. The van der Waals surface area contributed by atoms with Gasteiger partial charge in [0.25, 0.3) is 5.56 Å².